The van der Waals surface area contributed by atoms with Crippen LogP contribution >= 0.6 is 0 Å². The van der Waals surface area contributed by atoms with Crippen molar-refractivity contribution in [2.45, 2.75) is 26.7 Å². The number of likely N-dealkylation sites (tertiary alicyclic amines) is 1. The molecule has 0 aromatic carbocycles. The SMILES string of the molecule is Cc1cc(C(=O)NCC2CCN(C(=O)c3cccnc3)CC2)c(C)o1. The summed E-state index contributed by atoms with van der Waals surface area (Å²) in [6, 6.07) is 5.33. The van der Waals surface area contributed by atoms with Crippen molar-refractivity contribution in [3.63, 3.8) is 0 Å². The molecule has 1 aliphatic rings. The zero-order valence-corrected chi connectivity index (χ0v) is 14.6. The number of aryl methyl sites for hydroxylation is 2. The fraction of sp³-hybridized carbons (Fsp3) is 0.421. The summed E-state index contributed by atoms with van der Waals surface area (Å²) in [6.07, 6.45) is 5.03. The van der Waals surface area contributed by atoms with E-state index >= 15 is 0 Å². The average Bonchev–Trinajstić information content (AvgIpc) is 2.98. The van der Waals surface area contributed by atoms with Gasteiger partial charge in [-0.1, -0.05) is 0 Å². The molecule has 0 atom stereocenters. The number of nitrogens with one attached hydrogen (secondary N) is 1. The van der Waals surface area contributed by atoms with Gasteiger partial charge in [0.15, 0.2) is 0 Å². The summed E-state index contributed by atoms with van der Waals surface area (Å²) < 4.78 is 5.40. The lowest BCUT2D eigenvalue weighted by Gasteiger charge is -2.32. The second kappa shape index (κ2) is 7.51. The molecule has 3 heterocycles. The van der Waals surface area contributed by atoms with Gasteiger partial charge in [0, 0.05) is 32.0 Å². The molecule has 2 aromatic heterocycles. The van der Waals surface area contributed by atoms with E-state index in [-0.39, 0.29) is 11.8 Å². The number of carbonyl (C=O) groups excluding carboxylic acids is 2. The van der Waals surface area contributed by atoms with Crippen molar-refractivity contribution >= 4 is 11.8 Å². The third-order valence-electron chi connectivity index (χ3n) is 4.65. The highest BCUT2D eigenvalue weighted by Gasteiger charge is 2.24. The lowest BCUT2D eigenvalue weighted by Crippen LogP contribution is -2.41. The van der Waals surface area contributed by atoms with E-state index in [0.29, 0.717) is 42.4 Å². The first-order valence-corrected chi connectivity index (χ1v) is 8.59. The molecule has 132 valence electrons. The predicted octanol–water partition coefficient (Wildman–Crippen LogP) is 2.57. The van der Waals surface area contributed by atoms with Crippen molar-refractivity contribution in [1.29, 1.82) is 0 Å². The Morgan fingerprint density at radius 2 is 2.08 bits per heavy atom. The Morgan fingerprint density at radius 3 is 2.68 bits per heavy atom. The molecule has 0 radical (unpaired) electrons. The predicted molar refractivity (Wildman–Crippen MR) is 93.4 cm³/mol. The second-order valence-electron chi connectivity index (χ2n) is 6.51. The summed E-state index contributed by atoms with van der Waals surface area (Å²) in [5.41, 5.74) is 1.22. The first-order chi connectivity index (χ1) is 12.0. The summed E-state index contributed by atoms with van der Waals surface area (Å²) in [4.78, 5) is 30.5. The fourth-order valence-corrected chi connectivity index (χ4v) is 3.20. The van der Waals surface area contributed by atoms with E-state index in [4.69, 9.17) is 4.42 Å². The molecule has 1 N–H and O–H groups in total. The quantitative estimate of drug-likeness (QED) is 0.927. The van der Waals surface area contributed by atoms with Gasteiger partial charge in [-0.25, -0.2) is 0 Å². The van der Waals surface area contributed by atoms with Gasteiger partial charge in [0.1, 0.15) is 11.5 Å². The number of aromatic nitrogens is 1. The molecule has 6 nitrogen and oxygen atoms in total. The standard InChI is InChI=1S/C19H23N3O3/c1-13-10-17(14(2)25-13)18(23)21-11-15-5-8-22(9-6-15)19(24)16-4-3-7-20-12-16/h3-4,7,10,12,15H,5-6,8-9,11H2,1-2H3,(H,21,23). The van der Waals surface area contributed by atoms with Gasteiger partial charge in [0.05, 0.1) is 11.1 Å². The van der Waals surface area contributed by atoms with Crippen LogP contribution in [0.1, 0.15) is 45.1 Å². The van der Waals surface area contributed by atoms with Gasteiger partial charge in [0.25, 0.3) is 11.8 Å². The van der Waals surface area contributed by atoms with Crippen LogP contribution in [-0.2, 0) is 0 Å². The Labute approximate surface area is 147 Å². The monoisotopic (exact) mass is 341 g/mol. The van der Waals surface area contributed by atoms with Crippen LogP contribution in [0.4, 0.5) is 0 Å². The molecular weight excluding hydrogens is 318 g/mol. The van der Waals surface area contributed by atoms with E-state index < -0.39 is 0 Å². The smallest absolute Gasteiger partial charge is 0.255 e. The summed E-state index contributed by atoms with van der Waals surface area (Å²) in [6.45, 7) is 5.66. The molecule has 0 spiro atoms. The zero-order chi connectivity index (χ0) is 17.8. The molecule has 25 heavy (non-hydrogen) atoms. The van der Waals surface area contributed by atoms with Crippen LogP contribution in [-0.4, -0.2) is 41.3 Å². The number of rotatable bonds is 4. The van der Waals surface area contributed by atoms with E-state index in [1.165, 1.54) is 0 Å². The molecule has 1 aliphatic heterocycles. The Hall–Kier alpha value is -2.63. The van der Waals surface area contributed by atoms with Gasteiger partial charge in [-0.2, -0.15) is 0 Å². The van der Waals surface area contributed by atoms with E-state index in [2.05, 4.69) is 10.3 Å². The van der Waals surface area contributed by atoms with Crippen LogP contribution in [0.25, 0.3) is 0 Å². The first-order valence-electron chi connectivity index (χ1n) is 8.59. The molecule has 3 rings (SSSR count). The Balaban J connectivity index is 1.47. The zero-order valence-electron chi connectivity index (χ0n) is 14.6. The van der Waals surface area contributed by atoms with E-state index in [1.54, 1.807) is 37.5 Å². The van der Waals surface area contributed by atoms with Gasteiger partial charge in [0.2, 0.25) is 0 Å². The third kappa shape index (κ3) is 4.07. The van der Waals surface area contributed by atoms with Crippen molar-refractivity contribution in [1.82, 2.24) is 15.2 Å². The molecule has 2 aromatic rings. The molecule has 0 saturated carbocycles. The van der Waals surface area contributed by atoms with Crippen LogP contribution in [0.3, 0.4) is 0 Å². The third-order valence-corrected chi connectivity index (χ3v) is 4.65. The number of furan rings is 1. The van der Waals surface area contributed by atoms with Crippen molar-refractivity contribution < 1.29 is 14.0 Å². The number of amides is 2. The Bertz CT molecular complexity index is 747. The van der Waals surface area contributed by atoms with Crippen LogP contribution in [0.2, 0.25) is 0 Å². The van der Waals surface area contributed by atoms with Gasteiger partial charge in [-0.05, 0) is 50.8 Å². The summed E-state index contributed by atoms with van der Waals surface area (Å²) in [5.74, 6) is 1.70. The molecule has 1 saturated heterocycles. The lowest BCUT2D eigenvalue weighted by molar-refractivity contribution is 0.0684. The minimum atomic E-state index is -0.0942. The highest BCUT2D eigenvalue weighted by atomic mass is 16.3. The maximum atomic E-state index is 12.4. The van der Waals surface area contributed by atoms with Crippen LogP contribution in [0.5, 0.6) is 0 Å². The Morgan fingerprint density at radius 1 is 1.32 bits per heavy atom. The maximum absolute atomic E-state index is 12.4. The molecule has 0 aliphatic carbocycles. The normalized spacial score (nSPS) is 15.2. The fourth-order valence-electron chi connectivity index (χ4n) is 3.20. The van der Waals surface area contributed by atoms with Crippen LogP contribution in [0.15, 0.2) is 35.0 Å². The number of carbonyl (C=O) groups is 2. The topological polar surface area (TPSA) is 75.4 Å². The second-order valence-corrected chi connectivity index (χ2v) is 6.51. The first kappa shape index (κ1) is 17.2. The number of pyridine rings is 1. The van der Waals surface area contributed by atoms with Gasteiger partial charge in [-0.3, -0.25) is 14.6 Å². The van der Waals surface area contributed by atoms with Crippen molar-refractivity contribution in [2.75, 3.05) is 19.6 Å². The Kier molecular flexibility index (Phi) is 5.16. The molecular formula is C19H23N3O3. The largest absolute Gasteiger partial charge is 0.466 e. The minimum absolute atomic E-state index is 0.0279. The maximum Gasteiger partial charge on any atom is 0.255 e. The highest BCUT2D eigenvalue weighted by Crippen LogP contribution is 2.19. The summed E-state index contributed by atoms with van der Waals surface area (Å²) >= 11 is 0. The summed E-state index contributed by atoms with van der Waals surface area (Å²) in [7, 11) is 0. The number of hydrogen-bond donors (Lipinski definition) is 1. The number of hydrogen-bond acceptors (Lipinski definition) is 4. The van der Waals surface area contributed by atoms with Gasteiger partial charge in [-0.15, -0.1) is 0 Å². The number of piperidine rings is 1. The van der Waals surface area contributed by atoms with Crippen molar-refractivity contribution in [3.05, 3.63) is 53.2 Å². The van der Waals surface area contributed by atoms with Crippen molar-refractivity contribution in [2.24, 2.45) is 5.92 Å². The van der Waals surface area contributed by atoms with Crippen molar-refractivity contribution in [3.8, 4) is 0 Å². The minimum Gasteiger partial charge on any atom is -0.466 e. The van der Waals surface area contributed by atoms with E-state index in [9.17, 15) is 9.59 Å². The molecule has 2 amide bonds. The summed E-state index contributed by atoms with van der Waals surface area (Å²) in [5, 5.41) is 2.99. The van der Waals surface area contributed by atoms with Gasteiger partial charge >= 0.3 is 0 Å². The molecule has 0 unspecified atom stereocenters. The average molecular weight is 341 g/mol. The van der Waals surface area contributed by atoms with Crippen LogP contribution in [0, 0.1) is 19.8 Å². The lowest BCUT2D eigenvalue weighted by atomic mass is 9.96. The molecule has 1 fully saturated rings. The van der Waals surface area contributed by atoms with Gasteiger partial charge < -0.3 is 14.6 Å². The van der Waals surface area contributed by atoms with E-state index in [1.807, 2.05) is 11.8 Å². The van der Waals surface area contributed by atoms with E-state index in [0.717, 1.165) is 18.6 Å². The molecule has 0 bridgehead atoms. The van der Waals surface area contributed by atoms with Crippen LogP contribution < -0.4 is 5.32 Å². The highest BCUT2D eigenvalue weighted by molar-refractivity contribution is 5.95. The number of nitrogens with zero attached hydrogens (tertiary/aromatic N) is 2. The molecule has 6 heteroatoms.